The smallest absolute Gasteiger partial charge is 0.211 e. The van der Waals surface area contributed by atoms with Crippen LogP contribution < -0.4 is 11.1 Å². The highest BCUT2D eigenvalue weighted by Gasteiger charge is 2.20. The number of rotatable bonds is 11. The molecular weight excluding hydrogens is 288 g/mol. The first-order valence-corrected chi connectivity index (χ1v) is 8.04. The molecule has 1 aromatic carbocycles. The van der Waals surface area contributed by atoms with Gasteiger partial charge in [0.15, 0.2) is 0 Å². The fraction of sp³-hybridized carbons (Fsp3) is 0.500. The molecule has 0 aliphatic heterocycles. The Morgan fingerprint density at radius 1 is 1.26 bits per heavy atom. The fourth-order valence-corrected chi connectivity index (χ4v) is 2.38. The van der Waals surface area contributed by atoms with Crippen molar-refractivity contribution >= 4 is 6.41 Å². The summed E-state index contributed by atoms with van der Waals surface area (Å²) in [5.41, 5.74) is 8.33. The standard InChI is InChI=1S/C18H30N4O/c1-15(21(2)3)18(22(4)14-23)20-17(19)13-9-8-12-16-10-6-5-7-11-16/h5-7,10-11,14,17-18,20H,1,8-9,12-13,19H2,2-4H3. The number of amides is 1. The number of carbonyl (C=O) groups excluding carboxylic acids is 1. The maximum Gasteiger partial charge on any atom is 0.211 e. The molecular formula is C18H30N4O. The lowest BCUT2D eigenvalue weighted by Gasteiger charge is -2.33. The molecule has 5 nitrogen and oxygen atoms in total. The largest absolute Gasteiger partial charge is 0.379 e. The predicted molar refractivity (Wildman–Crippen MR) is 95.6 cm³/mol. The molecule has 3 N–H and O–H groups in total. The Hall–Kier alpha value is -1.85. The first kappa shape index (κ1) is 19.2. The third kappa shape index (κ3) is 6.84. The van der Waals surface area contributed by atoms with Crippen molar-refractivity contribution in [3.63, 3.8) is 0 Å². The number of nitrogens with zero attached hydrogens (tertiary/aromatic N) is 2. The van der Waals surface area contributed by atoms with Gasteiger partial charge in [0.1, 0.15) is 6.17 Å². The highest BCUT2D eigenvalue weighted by atomic mass is 16.1. The zero-order valence-electron chi connectivity index (χ0n) is 14.5. The van der Waals surface area contributed by atoms with Crippen molar-refractivity contribution in [1.82, 2.24) is 15.1 Å². The van der Waals surface area contributed by atoms with Gasteiger partial charge in [-0.1, -0.05) is 43.3 Å². The number of nitrogens with one attached hydrogen (secondary N) is 1. The van der Waals surface area contributed by atoms with Crippen LogP contribution in [0.15, 0.2) is 42.6 Å². The Morgan fingerprint density at radius 3 is 2.48 bits per heavy atom. The molecule has 0 fully saturated rings. The molecule has 23 heavy (non-hydrogen) atoms. The molecule has 0 aliphatic rings. The van der Waals surface area contributed by atoms with Crippen LogP contribution in [0.1, 0.15) is 24.8 Å². The number of aryl methyl sites for hydroxylation is 1. The lowest BCUT2D eigenvalue weighted by Crippen LogP contribution is -2.53. The van der Waals surface area contributed by atoms with Gasteiger partial charge in [-0.05, 0) is 24.8 Å². The van der Waals surface area contributed by atoms with Gasteiger partial charge in [-0.2, -0.15) is 0 Å². The van der Waals surface area contributed by atoms with Gasteiger partial charge in [-0.3, -0.25) is 10.1 Å². The molecule has 0 aromatic heterocycles. The predicted octanol–water partition coefficient (Wildman–Crippen LogP) is 1.76. The normalized spacial score (nSPS) is 13.2. The van der Waals surface area contributed by atoms with Gasteiger partial charge in [0.05, 0.1) is 6.17 Å². The van der Waals surface area contributed by atoms with Crippen LogP contribution in [0, 0.1) is 0 Å². The Kier molecular flexibility index (Phi) is 8.37. The third-order valence-corrected chi connectivity index (χ3v) is 3.91. The van der Waals surface area contributed by atoms with Gasteiger partial charge < -0.3 is 15.5 Å². The van der Waals surface area contributed by atoms with Crippen LogP contribution in [0.3, 0.4) is 0 Å². The summed E-state index contributed by atoms with van der Waals surface area (Å²) in [6, 6.07) is 10.5. The molecule has 0 saturated heterocycles. The van der Waals surface area contributed by atoms with Crippen LogP contribution in [0.4, 0.5) is 0 Å². The van der Waals surface area contributed by atoms with Gasteiger partial charge in [0.2, 0.25) is 6.41 Å². The monoisotopic (exact) mass is 318 g/mol. The number of unbranched alkanes of at least 4 members (excludes halogenated alkanes) is 1. The summed E-state index contributed by atoms with van der Waals surface area (Å²) >= 11 is 0. The topological polar surface area (TPSA) is 61.6 Å². The van der Waals surface area contributed by atoms with Crippen molar-refractivity contribution in [2.45, 2.75) is 38.0 Å². The van der Waals surface area contributed by atoms with E-state index in [4.69, 9.17) is 5.73 Å². The summed E-state index contributed by atoms with van der Waals surface area (Å²) in [6.45, 7) is 4.02. The minimum atomic E-state index is -0.286. The molecule has 1 aromatic rings. The highest BCUT2D eigenvalue weighted by Crippen LogP contribution is 2.09. The molecule has 0 spiro atoms. The summed E-state index contributed by atoms with van der Waals surface area (Å²) in [4.78, 5) is 14.5. The van der Waals surface area contributed by atoms with E-state index in [9.17, 15) is 4.79 Å². The first-order valence-electron chi connectivity index (χ1n) is 8.04. The van der Waals surface area contributed by atoms with Gasteiger partial charge in [0, 0.05) is 26.8 Å². The second kappa shape index (κ2) is 10.0. The average Bonchev–Trinajstić information content (AvgIpc) is 2.56. The molecule has 128 valence electrons. The molecule has 0 saturated carbocycles. The minimum Gasteiger partial charge on any atom is -0.379 e. The van der Waals surface area contributed by atoms with Crippen molar-refractivity contribution in [3.8, 4) is 0 Å². The second-order valence-electron chi connectivity index (χ2n) is 6.06. The number of carbonyl (C=O) groups is 1. The molecule has 5 heteroatoms. The first-order chi connectivity index (χ1) is 11.0. The van der Waals surface area contributed by atoms with Crippen LogP contribution in [-0.4, -0.2) is 49.7 Å². The molecule has 0 aliphatic carbocycles. The van der Waals surface area contributed by atoms with Gasteiger partial charge >= 0.3 is 0 Å². The summed E-state index contributed by atoms with van der Waals surface area (Å²) in [6.07, 6.45) is 4.39. The Labute approximate surface area is 140 Å². The Balaban J connectivity index is 2.38. The van der Waals surface area contributed by atoms with Gasteiger partial charge in [0.25, 0.3) is 0 Å². The van der Waals surface area contributed by atoms with E-state index in [-0.39, 0.29) is 12.3 Å². The molecule has 2 atom stereocenters. The van der Waals surface area contributed by atoms with E-state index in [0.29, 0.717) is 0 Å². The van der Waals surface area contributed by atoms with E-state index in [1.165, 1.54) is 5.56 Å². The molecule has 1 rings (SSSR count). The number of nitrogens with two attached hydrogens (primary N) is 1. The van der Waals surface area contributed by atoms with Crippen LogP contribution in [0.25, 0.3) is 0 Å². The fourth-order valence-electron chi connectivity index (χ4n) is 2.38. The van der Waals surface area contributed by atoms with Crippen molar-refractivity contribution in [2.75, 3.05) is 21.1 Å². The zero-order valence-corrected chi connectivity index (χ0v) is 14.5. The van der Waals surface area contributed by atoms with Crippen molar-refractivity contribution < 1.29 is 4.79 Å². The third-order valence-electron chi connectivity index (χ3n) is 3.91. The van der Waals surface area contributed by atoms with Crippen molar-refractivity contribution in [1.29, 1.82) is 0 Å². The average molecular weight is 318 g/mol. The number of likely N-dealkylation sites (N-methyl/N-ethyl adjacent to an activating group) is 2. The quantitative estimate of drug-likeness (QED) is 0.371. The lowest BCUT2D eigenvalue weighted by atomic mass is 10.1. The molecule has 0 radical (unpaired) electrons. The minimum absolute atomic E-state index is 0.171. The second-order valence-corrected chi connectivity index (χ2v) is 6.06. The van der Waals surface area contributed by atoms with E-state index in [0.717, 1.165) is 37.8 Å². The summed E-state index contributed by atoms with van der Waals surface area (Å²) in [5.74, 6) is 0. The van der Waals surface area contributed by atoms with Crippen LogP contribution in [0.2, 0.25) is 0 Å². The maximum atomic E-state index is 11.1. The van der Waals surface area contributed by atoms with Crippen molar-refractivity contribution in [2.24, 2.45) is 5.73 Å². The number of benzene rings is 1. The van der Waals surface area contributed by atoms with E-state index < -0.39 is 0 Å². The summed E-state index contributed by atoms with van der Waals surface area (Å²) in [5, 5.41) is 3.28. The lowest BCUT2D eigenvalue weighted by molar-refractivity contribution is -0.119. The number of hydrogen-bond donors (Lipinski definition) is 2. The Bertz CT molecular complexity index is 475. The molecule has 0 bridgehead atoms. The maximum absolute atomic E-state index is 11.1. The highest BCUT2D eigenvalue weighted by molar-refractivity contribution is 5.48. The SMILES string of the molecule is C=C(C(NC(N)CCCCc1ccccc1)N(C)C=O)N(C)C. The summed E-state index contributed by atoms with van der Waals surface area (Å²) < 4.78 is 0. The van der Waals surface area contributed by atoms with E-state index in [1.807, 2.05) is 25.1 Å². The van der Waals surface area contributed by atoms with Gasteiger partial charge in [-0.25, -0.2) is 0 Å². The van der Waals surface area contributed by atoms with Crippen LogP contribution in [0.5, 0.6) is 0 Å². The van der Waals surface area contributed by atoms with E-state index >= 15 is 0 Å². The zero-order chi connectivity index (χ0) is 17.2. The molecule has 0 heterocycles. The number of hydrogen-bond acceptors (Lipinski definition) is 4. The molecule has 1 amide bonds. The molecule has 2 unspecified atom stereocenters. The van der Waals surface area contributed by atoms with Crippen LogP contribution in [-0.2, 0) is 11.2 Å². The van der Waals surface area contributed by atoms with Gasteiger partial charge in [-0.15, -0.1) is 0 Å². The van der Waals surface area contributed by atoms with Crippen molar-refractivity contribution in [3.05, 3.63) is 48.2 Å². The Morgan fingerprint density at radius 2 is 1.91 bits per heavy atom. The van der Waals surface area contributed by atoms with E-state index in [2.05, 4.69) is 36.2 Å². The van der Waals surface area contributed by atoms with Crippen LogP contribution >= 0.6 is 0 Å². The summed E-state index contributed by atoms with van der Waals surface area (Å²) in [7, 11) is 5.53. The van der Waals surface area contributed by atoms with E-state index in [1.54, 1.807) is 11.9 Å².